The predicted molar refractivity (Wildman–Crippen MR) is 108 cm³/mol. The molecule has 26 heavy (non-hydrogen) atoms. The first-order chi connectivity index (χ1) is 12.5. The summed E-state index contributed by atoms with van der Waals surface area (Å²) >= 11 is 11.2. The number of amides is 1. The maximum Gasteiger partial charge on any atom is 0.250 e. The quantitative estimate of drug-likeness (QED) is 0.583. The van der Waals surface area contributed by atoms with Gasteiger partial charge in [0, 0.05) is 17.6 Å². The minimum absolute atomic E-state index is 0.229. The molecule has 0 aliphatic heterocycles. The number of carbonyl (C=O) groups excluding carboxylic acids is 1. The van der Waals surface area contributed by atoms with E-state index < -0.39 is 0 Å². The molecule has 2 rings (SSSR count). The molecule has 0 aliphatic carbocycles. The number of thiocarbonyl (C=S) groups is 1. The molecule has 5 nitrogen and oxygen atoms in total. The first-order valence-corrected chi connectivity index (χ1v) is 8.54. The molecule has 0 atom stereocenters. The van der Waals surface area contributed by atoms with Gasteiger partial charge < -0.3 is 14.8 Å². The summed E-state index contributed by atoms with van der Waals surface area (Å²) in [6.45, 7) is 0.429. The second kappa shape index (κ2) is 9.79. The molecule has 136 valence electrons. The van der Waals surface area contributed by atoms with Crippen molar-refractivity contribution in [2.75, 3.05) is 14.2 Å². The largest absolute Gasteiger partial charge is 0.493 e. The Hall–Kier alpha value is -2.57. The lowest BCUT2D eigenvalue weighted by Gasteiger charge is -2.09. The smallest absolute Gasteiger partial charge is 0.250 e. The van der Waals surface area contributed by atoms with Gasteiger partial charge in [-0.05, 0) is 47.6 Å². The number of benzene rings is 2. The highest BCUT2D eigenvalue weighted by Crippen LogP contribution is 2.27. The van der Waals surface area contributed by atoms with Crippen LogP contribution in [-0.2, 0) is 11.3 Å². The molecule has 2 N–H and O–H groups in total. The molecule has 0 saturated carbocycles. The van der Waals surface area contributed by atoms with Crippen LogP contribution in [0.5, 0.6) is 11.5 Å². The third-order valence-corrected chi connectivity index (χ3v) is 4.08. The average Bonchev–Trinajstić information content (AvgIpc) is 2.65. The van der Waals surface area contributed by atoms with Crippen LogP contribution in [-0.4, -0.2) is 25.2 Å². The van der Waals surface area contributed by atoms with Gasteiger partial charge in [-0.15, -0.1) is 0 Å². The van der Waals surface area contributed by atoms with E-state index in [-0.39, 0.29) is 11.0 Å². The van der Waals surface area contributed by atoms with Crippen molar-refractivity contribution in [1.29, 1.82) is 0 Å². The second-order valence-electron chi connectivity index (χ2n) is 5.21. The van der Waals surface area contributed by atoms with Crippen LogP contribution in [0.4, 0.5) is 0 Å². The summed E-state index contributed by atoms with van der Waals surface area (Å²) in [5.74, 6) is 0.877. The maximum absolute atomic E-state index is 12.0. The molecule has 0 fully saturated rings. The second-order valence-corrected chi connectivity index (χ2v) is 6.03. The number of methoxy groups -OCH3 is 2. The van der Waals surface area contributed by atoms with Crippen molar-refractivity contribution in [2.45, 2.75) is 6.54 Å². The van der Waals surface area contributed by atoms with E-state index in [1.54, 1.807) is 38.5 Å². The minimum atomic E-state index is -0.337. The Balaban J connectivity index is 1.88. The van der Waals surface area contributed by atoms with Gasteiger partial charge >= 0.3 is 0 Å². The Kier molecular flexibility index (Phi) is 7.44. The van der Waals surface area contributed by atoms with Crippen molar-refractivity contribution in [3.05, 3.63) is 64.7 Å². The average molecular weight is 391 g/mol. The number of carbonyl (C=O) groups is 1. The van der Waals surface area contributed by atoms with Gasteiger partial charge in [-0.3, -0.25) is 10.1 Å². The molecule has 0 spiro atoms. The predicted octanol–water partition coefficient (Wildman–Crippen LogP) is 3.56. The number of halogens is 1. The van der Waals surface area contributed by atoms with Gasteiger partial charge in [-0.2, -0.15) is 0 Å². The Morgan fingerprint density at radius 1 is 1.15 bits per heavy atom. The van der Waals surface area contributed by atoms with E-state index >= 15 is 0 Å². The van der Waals surface area contributed by atoms with Gasteiger partial charge in [0.15, 0.2) is 16.6 Å². The van der Waals surface area contributed by atoms with Crippen molar-refractivity contribution in [3.8, 4) is 11.5 Å². The van der Waals surface area contributed by atoms with Crippen LogP contribution in [0.25, 0.3) is 6.08 Å². The molecular weight excluding hydrogens is 372 g/mol. The SMILES string of the molecule is COc1ccc(/C=C/C(=O)NC(=S)NCc2ccccc2Cl)cc1OC. The summed E-state index contributed by atoms with van der Waals surface area (Å²) in [4.78, 5) is 12.0. The Bertz CT molecular complexity index is 824. The van der Waals surface area contributed by atoms with Crippen LogP contribution in [0, 0.1) is 0 Å². The number of nitrogens with one attached hydrogen (secondary N) is 2. The zero-order valence-electron chi connectivity index (χ0n) is 14.4. The Morgan fingerprint density at radius 3 is 2.58 bits per heavy atom. The summed E-state index contributed by atoms with van der Waals surface area (Å²) in [6, 6.07) is 12.8. The van der Waals surface area contributed by atoms with Crippen LogP contribution in [0.1, 0.15) is 11.1 Å². The van der Waals surface area contributed by atoms with E-state index in [1.807, 2.05) is 24.3 Å². The highest BCUT2D eigenvalue weighted by Gasteiger charge is 2.05. The number of hydrogen-bond donors (Lipinski definition) is 2. The molecule has 2 aromatic rings. The van der Waals surface area contributed by atoms with E-state index in [0.717, 1.165) is 11.1 Å². The zero-order chi connectivity index (χ0) is 18.9. The fraction of sp³-hybridized carbons (Fsp3) is 0.158. The van der Waals surface area contributed by atoms with E-state index in [0.29, 0.717) is 23.1 Å². The summed E-state index contributed by atoms with van der Waals surface area (Å²) in [6.07, 6.45) is 3.05. The van der Waals surface area contributed by atoms with Crippen LogP contribution < -0.4 is 20.1 Å². The lowest BCUT2D eigenvalue weighted by atomic mass is 10.2. The fourth-order valence-corrected chi connectivity index (χ4v) is 2.52. The van der Waals surface area contributed by atoms with Crippen molar-refractivity contribution < 1.29 is 14.3 Å². The molecule has 0 unspecified atom stereocenters. The number of rotatable bonds is 6. The van der Waals surface area contributed by atoms with E-state index in [2.05, 4.69) is 10.6 Å². The van der Waals surface area contributed by atoms with E-state index in [4.69, 9.17) is 33.3 Å². The van der Waals surface area contributed by atoms with Gasteiger partial charge in [0.05, 0.1) is 14.2 Å². The molecule has 7 heteroatoms. The van der Waals surface area contributed by atoms with Crippen molar-refractivity contribution in [3.63, 3.8) is 0 Å². The summed E-state index contributed by atoms with van der Waals surface area (Å²) in [5.41, 5.74) is 1.69. The topological polar surface area (TPSA) is 59.6 Å². The van der Waals surface area contributed by atoms with Crippen LogP contribution >= 0.6 is 23.8 Å². The standard InChI is InChI=1S/C19H19ClN2O3S/c1-24-16-9-7-13(11-17(16)25-2)8-10-18(23)22-19(26)21-12-14-5-3-4-6-15(14)20/h3-11H,12H2,1-2H3,(H2,21,22,23,26)/b10-8+. The minimum Gasteiger partial charge on any atom is -0.493 e. The molecule has 1 amide bonds. The maximum atomic E-state index is 12.0. The van der Waals surface area contributed by atoms with Gasteiger partial charge in [0.1, 0.15) is 0 Å². The Morgan fingerprint density at radius 2 is 1.88 bits per heavy atom. The van der Waals surface area contributed by atoms with Crippen LogP contribution in [0.2, 0.25) is 5.02 Å². The van der Waals surface area contributed by atoms with Crippen LogP contribution in [0.15, 0.2) is 48.5 Å². The zero-order valence-corrected chi connectivity index (χ0v) is 16.0. The normalized spacial score (nSPS) is 10.4. The molecule has 0 bridgehead atoms. The summed E-state index contributed by atoms with van der Waals surface area (Å²) in [5, 5.41) is 6.40. The number of hydrogen-bond acceptors (Lipinski definition) is 4. The first kappa shape index (κ1) is 19.8. The molecule has 0 heterocycles. The van der Waals surface area contributed by atoms with Gasteiger partial charge in [0.2, 0.25) is 5.91 Å². The molecule has 0 saturated heterocycles. The van der Waals surface area contributed by atoms with Crippen LogP contribution in [0.3, 0.4) is 0 Å². The summed E-state index contributed by atoms with van der Waals surface area (Å²) in [7, 11) is 3.12. The summed E-state index contributed by atoms with van der Waals surface area (Å²) < 4.78 is 10.4. The molecular formula is C19H19ClN2O3S. The molecule has 0 aliphatic rings. The highest BCUT2D eigenvalue weighted by molar-refractivity contribution is 7.80. The lowest BCUT2D eigenvalue weighted by molar-refractivity contribution is -0.115. The van der Waals surface area contributed by atoms with E-state index in [1.165, 1.54) is 6.08 Å². The van der Waals surface area contributed by atoms with Crippen molar-refractivity contribution in [1.82, 2.24) is 10.6 Å². The van der Waals surface area contributed by atoms with E-state index in [9.17, 15) is 4.79 Å². The van der Waals surface area contributed by atoms with Crippen molar-refractivity contribution in [2.24, 2.45) is 0 Å². The molecule has 2 aromatic carbocycles. The van der Waals surface area contributed by atoms with Gasteiger partial charge in [-0.1, -0.05) is 35.9 Å². The monoisotopic (exact) mass is 390 g/mol. The molecule has 0 aromatic heterocycles. The molecule has 0 radical (unpaired) electrons. The fourth-order valence-electron chi connectivity index (χ4n) is 2.14. The van der Waals surface area contributed by atoms with Gasteiger partial charge in [-0.25, -0.2) is 0 Å². The van der Waals surface area contributed by atoms with Gasteiger partial charge in [0.25, 0.3) is 0 Å². The first-order valence-electron chi connectivity index (χ1n) is 7.76. The Labute approximate surface area is 163 Å². The third kappa shape index (κ3) is 5.75. The highest BCUT2D eigenvalue weighted by atomic mass is 35.5. The number of ether oxygens (including phenoxy) is 2. The lowest BCUT2D eigenvalue weighted by Crippen LogP contribution is -2.38. The third-order valence-electron chi connectivity index (χ3n) is 3.47. The van der Waals surface area contributed by atoms with Crippen molar-refractivity contribution >= 4 is 40.9 Å².